The fourth-order valence-electron chi connectivity index (χ4n) is 5.74. The number of rotatable bonds is 8. The van der Waals surface area contributed by atoms with Crippen molar-refractivity contribution in [3.8, 4) is 5.75 Å². The Balaban J connectivity index is 1.29. The number of hydrogen-bond acceptors (Lipinski definition) is 5. The molecular weight excluding hydrogens is 464 g/mol. The maximum absolute atomic E-state index is 13.4. The van der Waals surface area contributed by atoms with Gasteiger partial charge in [-0.25, -0.2) is 4.90 Å². The summed E-state index contributed by atoms with van der Waals surface area (Å²) in [7, 11) is 0. The molecule has 1 unspecified atom stereocenters. The Morgan fingerprint density at radius 2 is 1.43 bits per heavy atom. The molecule has 0 spiro atoms. The van der Waals surface area contributed by atoms with Crippen LogP contribution in [0.2, 0.25) is 0 Å². The highest BCUT2D eigenvalue weighted by Gasteiger charge is 2.46. The average molecular weight is 499 g/mol. The SMILES string of the molecule is CCCOc1ccc(N2C(=O)CC(N3CCC(C(O)(c4ccccc4)c4ccccc4)CC3)C2=O)cc1. The van der Waals surface area contributed by atoms with Crippen molar-refractivity contribution in [1.29, 1.82) is 0 Å². The van der Waals surface area contributed by atoms with Crippen molar-refractivity contribution < 1.29 is 19.4 Å². The summed E-state index contributed by atoms with van der Waals surface area (Å²) in [6, 6.07) is 26.4. The molecule has 192 valence electrons. The standard InChI is InChI=1S/C31H34N2O4/c1-2-21-37-27-15-13-26(14-16-27)33-29(34)22-28(30(33)35)32-19-17-25(18-20-32)31(36,23-9-5-3-6-10-23)24-11-7-4-8-12-24/h3-16,25,28,36H,2,17-22H2,1H3. The third-order valence-corrected chi connectivity index (χ3v) is 7.68. The summed E-state index contributed by atoms with van der Waals surface area (Å²) in [5.41, 5.74) is 1.23. The number of benzene rings is 3. The maximum Gasteiger partial charge on any atom is 0.251 e. The van der Waals surface area contributed by atoms with Crippen LogP contribution in [0.25, 0.3) is 0 Å². The lowest BCUT2D eigenvalue weighted by Gasteiger charge is -2.43. The van der Waals surface area contributed by atoms with E-state index in [1.165, 1.54) is 4.90 Å². The van der Waals surface area contributed by atoms with Crippen LogP contribution in [0.1, 0.15) is 43.7 Å². The Bertz CT molecular complexity index is 1170. The molecule has 0 radical (unpaired) electrons. The fraction of sp³-hybridized carbons (Fsp3) is 0.355. The van der Waals surface area contributed by atoms with Crippen LogP contribution in [0.15, 0.2) is 84.9 Å². The molecule has 2 fully saturated rings. The van der Waals surface area contributed by atoms with E-state index in [1.54, 1.807) is 24.3 Å². The van der Waals surface area contributed by atoms with E-state index in [1.807, 2.05) is 67.6 Å². The summed E-state index contributed by atoms with van der Waals surface area (Å²) in [6.45, 7) is 3.97. The molecule has 37 heavy (non-hydrogen) atoms. The van der Waals surface area contributed by atoms with Crippen LogP contribution in [0, 0.1) is 5.92 Å². The van der Waals surface area contributed by atoms with Crippen LogP contribution < -0.4 is 9.64 Å². The van der Waals surface area contributed by atoms with Gasteiger partial charge in [0.05, 0.1) is 24.8 Å². The van der Waals surface area contributed by atoms with Crippen molar-refractivity contribution in [2.75, 3.05) is 24.6 Å². The van der Waals surface area contributed by atoms with Gasteiger partial charge in [0.1, 0.15) is 11.4 Å². The molecule has 1 N–H and O–H groups in total. The number of nitrogens with zero attached hydrogens (tertiary/aromatic N) is 2. The number of imide groups is 1. The van der Waals surface area contributed by atoms with E-state index in [0.717, 1.165) is 36.1 Å². The number of carbonyl (C=O) groups is 2. The molecule has 2 heterocycles. The molecule has 1 atom stereocenters. The molecule has 0 aliphatic carbocycles. The van der Waals surface area contributed by atoms with Gasteiger partial charge in [0.2, 0.25) is 5.91 Å². The van der Waals surface area contributed by atoms with Crippen molar-refractivity contribution in [2.24, 2.45) is 5.92 Å². The number of hydrogen-bond donors (Lipinski definition) is 1. The smallest absolute Gasteiger partial charge is 0.251 e. The summed E-state index contributed by atoms with van der Waals surface area (Å²) in [6.07, 6.45) is 2.54. The third-order valence-electron chi connectivity index (χ3n) is 7.68. The number of amides is 2. The van der Waals surface area contributed by atoms with E-state index < -0.39 is 11.6 Å². The average Bonchev–Trinajstić information content (AvgIpc) is 3.26. The molecule has 2 aliphatic rings. The number of aliphatic hydroxyl groups is 1. The minimum Gasteiger partial charge on any atom is -0.494 e. The predicted molar refractivity (Wildman–Crippen MR) is 143 cm³/mol. The van der Waals surface area contributed by atoms with Gasteiger partial charge in [-0.2, -0.15) is 0 Å². The molecule has 3 aromatic carbocycles. The topological polar surface area (TPSA) is 70.1 Å². The van der Waals surface area contributed by atoms with Crippen molar-refractivity contribution in [2.45, 2.75) is 44.2 Å². The monoisotopic (exact) mass is 498 g/mol. The Kier molecular flexibility index (Phi) is 7.40. The zero-order valence-electron chi connectivity index (χ0n) is 21.3. The Morgan fingerprint density at radius 1 is 0.865 bits per heavy atom. The van der Waals surface area contributed by atoms with Gasteiger partial charge in [-0.3, -0.25) is 14.5 Å². The summed E-state index contributed by atoms with van der Waals surface area (Å²) in [5.74, 6) is 0.372. The highest BCUT2D eigenvalue weighted by molar-refractivity contribution is 6.22. The van der Waals surface area contributed by atoms with Crippen LogP contribution in [-0.2, 0) is 15.2 Å². The lowest BCUT2D eigenvalue weighted by atomic mass is 9.72. The molecular formula is C31H34N2O4. The van der Waals surface area contributed by atoms with Gasteiger partial charge in [0.25, 0.3) is 5.91 Å². The summed E-state index contributed by atoms with van der Waals surface area (Å²) in [4.78, 5) is 29.7. The van der Waals surface area contributed by atoms with Gasteiger partial charge in [-0.05, 0) is 73.7 Å². The molecule has 6 nitrogen and oxygen atoms in total. The number of anilines is 1. The van der Waals surface area contributed by atoms with E-state index in [0.29, 0.717) is 25.4 Å². The molecule has 2 aliphatic heterocycles. The van der Waals surface area contributed by atoms with E-state index in [-0.39, 0.29) is 24.2 Å². The van der Waals surface area contributed by atoms with Crippen molar-refractivity contribution in [1.82, 2.24) is 4.90 Å². The third kappa shape index (κ3) is 4.91. The first-order valence-corrected chi connectivity index (χ1v) is 13.2. The van der Waals surface area contributed by atoms with Crippen LogP contribution in [0.4, 0.5) is 5.69 Å². The Morgan fingerprint density at radius 3 is 1.97 bits per heavy atom. The summed E-state index contributed by atoms with van der Waals surface area (Å²) in [5, 5.41) is 12.1. The predicted octanol–water partition coefficient (Wildman–Crippen LogP) is 4.76. The first kappa shape index (κ1) is 25.2. The lowest BCUT2D eigenvalue weighted by Crippen LogP contribution is -2.49. The molecule has 0 bridgehead atoms. The van der Waals surface area contributed by atoms with E-state index in [2.05, 4.69) is 4.90 Å². The van der Waals surface area contributed by atoms with Gasteiger partial charge in [0, 0.05) is 0 Å². The lowest BCUT2D eigenvalue weighted by molar-refractivity contribution is -0.123. The first-order valence-electron chi connectivity index (χ1n) is 13.2. The molecule has 3 aromatic rings. The second kappa shape index (κ2) is 10.9. The minimum absolute atomic E-state index is 0.00692. The van der Waals surface area contributed by atoms with E-state index in [9.17, 15) is 14.7 Å². The highest BCUT2D eigenvalue weighted by atomic mass is 16.5. The summed E-state index contributed by atoms with van der Waals surface area (Å²) < 4.78 is 5.63. The Labute approximate surface area is 218 Å². The van der Waals surface area contributed by atoms with Crippen molar-refractivity contribution >= 4 is 17.5 Å². The largest absolute Gasteiger partial charge is 0.494 e. The van der Waals surface area contributed by atoms with Crippen molar-refractivity contribution in [3.05, 3.63) is 96.1 Å². The maximum atomic E-state index is 13.4. The normalized spacial score (nSPS) is 19.4. The van der Waals surface area contributed by atoms with Gasteiger partial charge in [0.15, 0.2) is 0 Å². The van der Waals surface area contributed by atoms with E-state index >= 15 is 0 Å². The molecule has 5 rings (SSSR count). The van der Waals surface area contributed by atoms with Crippen LogP contribution >= 0.6 is 0 Å². The van der Waals surface area contributed by atoms with Gasteiger partial charge < -0.3 is 9.84 Å². The van der Waals surface area contributed by atoms with Crippen LogP contribution in [0.3, 0.4) is 0 Å². The second-order valence-corrected chi connectivity index (χ2v) is 9.94. The number of likely N-dealkylation sites (tertiary alicyclic amines) is 1. The van der Waals surface area contributed by atoms with E-state index in [4.69, 9.17) is 4.74 Å². The molecule has 6 heteroatoms. The highest BCUT2D eigenvalue weighted by Crippen LogP contribution is 2.42. The number of carbonyl (C=O) groups excluding carboxylic acids is 2. The zero-order chi connectivity index (χ0) is 25.8. The van der Waals surface area contributed by atoms with Crippen LogP contribution in [0.5, 0.6) is 5.75 Å². The van der Waals surface area contributed by atoms with Gasteiger partial charge >= 0.3 is 0 Å². The zero-order valence-corrected chi connectivity index (χ0v) is 21.3. The molecule has 2 amide bonds. The fourth-order valence-corrected chi connectivity index (χ4v) is 5.74. The van der Waals surface area contributed by atoms with Gasteiger partial charge in [-0.1, -0.05) is 67.6 Å². The Hall–Kier alpha value is -3.48. The molecule has 0 saturated carbocycles. The van der Waals surface area contributed by atoms with Crippen LogP contribution in [-0.4, -0.2) is 47.6 Å². The quantitative estimate of drug-likeness (QED) is 0.454. The summed E-state index contributed by atoms with van der Waals surface area (Å²) >= 11 is 0. The number of ether oxygens (including phenoxy) is 1. The second-order valence-electron chi connectivity index (χ2n) is 9.94. The first-order chi connectivity index (χ1) is 18.0. The minimum atomic E-state index is -1.11. The molecule has 2 saturated heterocycles. The van der Waals surface area contributed by atoms with Gasteiger partial charge in [-0.15, -0.1) is 0 Å². The number of piperidine rings is 1. The van der Waals surface area contributed by atoms with Crippen molar-refractivity contribution in [3.63, 3.8) is 0 Å². The molecule has 0 aromatic heterocycles.